The van der Waals surface area contributed by atoms with Crippen LogP contribution in [-0.4, -0.2) is 23.1 Å². The lowest BCUT2D eigenvalue weighted by Crippen LogP contribution is -2.09. The molecule has 0 radical (unpaired) electrons. The van der Waals surface area contributed by atoms with Crippen LogP contribution in [0.15, 0.2) is 12.1 Å². The standard InChI is InChI=1S/C13H17N3/c1-8-3-9(2)16-13(15-8)10-4-11-6-14-7-12(11)5-10/h3-4,11-12,14H,5-7H2,1-2H3/t11-,12+/m1/s1. The molecular weight excluding hydrogens is 198 g/mol. The minimum Gasteiger partial charge on any atom is -0.316 e. The molecule has 1 saturated heterocycles. The van der Waals surface area contributed by atoms with Gasteiger partial charge in [0.2, 0.25) is 0 Å². The van der Waals surface area contributed by atoms with Crippen molar-refractivity contribution < 1.29 is 0 Å². The molecule has 0 unspecified atom stereocenters. The van der Waals surface area contributed by atoms with Crippen LogP contribution in [0.1, 0.15) is 23.6 Å². The first-order valence-corrected chi connectivity index (χ1v) is 5.96. The van der Waals surface area contributed by atoms with Crippen molar-refractivity contribution in [3.8, 4) is 0 Å². The molecule has 1 aliphatic heterocycles. The number of fused-ring (bicyclic) bond motifs is 1. The van der Waals surface area contributed by atoms with E-state index < -0.39 is 0 Å². The Morgan fingerprint density at radius 3 is 2.62 bits per heavy atom. The van der Waals surface area contributed by atoms with Gasteiger partial charge in [-0.2, -0.15) is 0 Å². The summed E-state index contributed by atoms with van der Waals surface area (Å²) in [5, 5.41) is 3.43. The molecule has 0 bridgehead atoms. The van der Waals surface area contributed by atoms with E-state index in [2.05, 4.69) is 21.4 Å². The molecule has 0 spiro atoms. The lowest BCUT2D eigenvalue weighted by molar-refractivity contribution is 0.536. The van der Waals surface area contributed by atoms with E-state index in [1.54, 1.807) is 0 Å². The fourth-order valence-corrected chi connectivity index (χ4v) is 2.82. The van der Waals surface area contributed by atoms with E-state index in [-0.39, 0.29) is 0 Å². The minimum atomic E-state index is 0.708. The SMILES string of the molecule is Cc1cc(C)nc(C2=C[C@@H]3CNC[C@@H]3C2)n1. The van der Waals surface area contributed by atoms with Crippen molar-refractivity contribution in [1.82, 2.24) is 15.3 Å². The average Bonchev–Trinajstić information content (AvgIpc) is 2.74. The third-order valence-electron chi connectivity index (χ3n) is 3.56. The number of aryl methyl sites for hydroxylation is 2. The number of nitrogens with zero attached hydrogens (tertiary/aromatic N) is 2. The van der Waals surface area contributed by atoms with E-state index in [0.717, 1.165) is 42.6 Å². The van der Waals surface area contributed by atoms with Crippen LogP contribution in [0.25, 0.3) is 5.57 Å². The summed E-state index contributed by atoms with van der Waals surface area (Å²) in [6.07, 6.45) is 3.51. The third kappa shape index (κ3) is 1.65. The van der Waals surface area contributed by atoms with E-state index in [1.807, 2.05) is 19.9 Å². The lowest BCUT2D eigenvalue weighted by atomic mass is 10.00. The highest BCUT2D eigenvalue weighted by molar-refractivity contribution is 5.63. The maximum absolute atomic E-state index is 4.54. The van der Waals surface area contributed by atoms with Gasteiger partial charge in [-0.05, 0) is 50.3 Å². The Balaban J connectivity index is 1.93. The second-order valence-corrected chi connectivity index (χ2v) is 4.95. The summed E-state index contributed by atoms with van der Waals surface area (Å²) in [7, 11) is 0. The Morgan fingerprint density at radius 1 is 1.19 bits per heavy atom. The van der Waals surface area contributed by atoms with Crippen LogP contribution in [0.4, 0.5) is 0 Å². The summed E-state index contributed by atoms with van der Waals surface area (Å²) >= 11 is 0. The second kappa shape index (κ2) is 3.67. The van der Waals surface area contributed by atoms with Crippen LogP contribution >= 0.6 is 0 Å². The fraction of sp³-hybridized carbons (Fsp3) is 0.538. The topological polar surface area (TPSA) is 37.8 Å². The number of aromatic nitrogens is 2. The lowest BCUT2D eigenvalue weighted by Gasteiger charge is -2.06. The molecule has 0 amide bonds. The summed E-state index contributed by atoms with van der Waals surface area (Å²) in [5.74, 6) is 2.44. The van der Waals surface area contributed by atoms with Crippen molar-refractivity contribution >= 4 is 5.57 Å². The van der Waals surface area contributed by atoms with Gasteiger partial charge in [0.05, 0.1) is 0 Å². The smallest absolute Gasteiger partial charge is 0.155 e. The molecule has 1 aromatic heterocycles. The Kier molecular flexibility index (Phi) is 2.28. The number of rotatable bonds is 1. The van der Waals surface area contributed by atoms with Gasteiger partial charge < -0.3 is 5.32 Å². The van der Waals surface area contributed by atoms with E-state index >= 15 is 0 Å². The maximum atomic E-state index is 4.54. The predicted octanol–water partition coefficient (Wildman–Crippen LogP) is 1.72. The van der Waals surface area contributed by atoms with Crippen molar-refractivity contribution in [1.29, 1.82) is 0 Å². The first kappa shape index (κ1) is 9.97. The highest BCUT2D eigenvalue weighted by Gasteiger charge is 2.32. The molecular formula is C13H17N3. The largest absolute Gasteiger partial charge is 0.316 e. The zero-order valence-corrected chi connectivity index (χ0v) is 9.83. The van der Waals surface area contributed by atoms with Gasteiger partial charge >= 0.3 is 0 Å². The Bertz CT molecular complexity index is 430. The van der Waals surface area contributed by atoms with Gasteiger partial charge in [0.1, 0.15) is 0 Å². The molecule has 1 aliphatic carbocycles. The summed E-state index contributed by atoms with van der Waals surface area (Å²) in [6, 6.07) is 2.03. The first-order chi connectivity index (χ1) is 7.72. The van der Waals surface area contributed by atoms with Crippen LogP contribution in [0, 0.1) is 25.7 Å². The average molecular weight is 215 g/mol. The van der Waals surface area contributed by atoms with Gasteiger partial charge in [0, 0.05) is 17.9 Å². The number of allylic oxidation sites excluding steroid dienone is 1. The number of nitrogens with one attached hydrogen (secondary N) is 1. The van der Waals surface area contributed by atoms with Crippen molar-refractivity contribution in [3.05, 3.63) is 29.4 Å². The Hall–Kier alpha value is -1.22. The molecule has 0 aromatic carbocycles. The zero-order valence-electron chi connectivity index (χ0n) is 9.83. The second-order valence-electron chi connectivity index (χ2n) is 4.95. The van der Waals surface area contributed by atoms with Gasteiger partial charge in [-0.25, -0.2) is 9.97 Å². The predicted molar refractivity (Wildman–Crippen MR) is 63.9 cm³/mol. The van der Waals surface area contributed by atoms with Crippen LogP contribution in [-0.2, 0) is 0 Å². The van der Waals surface area contributed by atoms with E-state index in [4.69, 9.17) is 0 Å². The van der Waals surface area contributed by atoms with Crippen LogP contribution < -0.4 is 5.32 Å². The molecule has 0 saturated carbocycles. The fourth-order valence-electron chi connectivity index (χ4n) is 2.82. The molecule has 2 atom stereocenters. The van der Waals surface area contributed by atoms with Crippen molar-refractivity contribution in [3.63, 3.8) is 0 Å². The summed E-state index contributed by atoms with van der Waals surface area (Å²) in [4.78, 5) is 9.09. The third-order valence-corrected chi connectivity index (χ3v) is 3.56. The maximum Gasteiger partial charge on any atom is 0.155 e. The van der Waals surface area contributed by atoms with Crippen LogP contribution in [0.3, 0.4) is 0 Å². The molecule has 84 valence electrons. The molecule has 2 heterocycles. The molecule has 3 heteroatoms. The van der Waals surface area contributed by atoms with E-state index in [0.29, 0.717) is 5.92 Å². The minimum absolute atomic E-state index is 0.708. The number of hydrogen-bond acceptors (Lipinski definition) is 3. The number of hydrogen-bond donors (Lipinski definition) is 1. The van der Waals surface area contributed by atoms with Gasteiger partial charge in [0.15, 0.2) is 5.82 Å². The molecule has 3 nitrogen and oxygen atoms in total. The van der Waals surface area contributed by atoms with Gasteiger partial charge in [-0.3, -0.25) is 0 Å². The molecule has 16 heavy (non-hydrogen) atoms. The Labute approximate surface area is 96.0 Å². The quantitative estimate of drug-likeness (QED) is 0.775. The highest BCUT2D eigenvalue weighted by Crippen LogP contribution is 2.37. The molecule has 1 fully saturated rings. The normalized spacial score (nSPS) is 28.0. The van der Waals surface area contributed by atoms with Gasteiger partial charge in [-0.1, -0.05) is 6.08 Å². The van der Waals surface area contributed by atoms with Crippen molar-refractivity contribution in [2.45, 2.75) is 20.3 Å². The van der Waals surface area contributed by atoms with E-state index in [9.17, 15) is 0 Å². The molecule has 1 N–H and O–H groups in total. The van der Waals surface area contributed by atoms with Crippen molar-refractivity contribution in [2.24, 2.45) is 11.8 Å². The Morgan fingerprint density at radius 2 is 1.94 bits per heavy atom. The molecule has 3 rings (SSSR count). The molecule has 2 aliphatic rings. The van der Waals surface area contributed by atoms with Crippen LogP contribution in [0.2, 0.25) is 0 Å². The van der Waals surface area contributed by atoms with Crippen LogP contribution in [0.5, 0.6) is 0 Å². The first-order valence-electron chi connectivity index (χ1n) is 5.96. The molecule has 1 aromatic rings. The van der Waals surface area contributed by atoms with E-state index in [1.165, 1.54) is 5.57 Å². The summed E-state index contributed by atoms with van der Waals surface area (Å²) in [6.45, 7) is 6.35. The summed E-state index contributed by atoms with van der Waals surface area (Å²) < 4.78 is 0. The van der Waals surface area contributed by atoms with Gasteiger partial charge in [-0.15, -0.1) is 0 Å². The monoisotopic (exact) mass is 215 g/mol. The summed E-state index contributed by atoms with van der Waals surface area (Å²) in [5.41, 5.74) is 3.49. The van der Waals surface area contributed by atoms with Crippen molar-refractivity contribution in [2.75, 3.05) is 13.1 Å². The highest BCUT2D eigenvalue weighted by atomic mass is 14.9. The van der Waals surface area contributed by atoms with Gasteiger partial charge in [0.25, 0.3) is 0 Å². The zero-order chi connectivity index (χ0) is 11.1.